The summed E-state index contributed by atoms with van der Waals surface area (Å²) >= 11 is 0. The van der Waals surface area contributed by atoms with Gasteiger partial charge in [0.25, 0.3) is 0 Å². The SMILES string of the molecule is Nc1cccc(C(=O)c2ccc(F)cc2F)c1. The molecule has 2 aromatic rings. The molecule has 0 bridgehead atoms. The van der Waals surface area contributed by atoms with E-state index in [1.165, 1.54) is 12.1 Å². The maximum atomic E-state index is 13.4. The second kappa shape index (κ2) is 4.33. The molecule has 0 radical (unpaired) electrons. The Morgan fingerprint density at radius 2 is 1.82 bits per heavy atom. The first kappa shape index (κ1) is 11.3. The Morgan fingerprint density at radius 1 is 1.06 bits per heavy atom. The Balaban J connectivity index is 2.44. The monoisotopic (exact) mass is 233 g/mol. The van der Waals surface area contributed by atoms with E-state index in [1.807, 2.05) is 0 Å². The zero-order valence-electron chi connectivity index (χ0n) is 8.78. The molecule has 0 amide bonds. The summed E-state index contributed by atoms with van der Waals surface area (Å²) in [5, 5.41) is 0. The summed E-state index contributed by atoms with van der Waals surface area (Å²) in [5.41, 5.74) is 6.05. The summed E-state index contributed by atoms with van der Waals surface area (Å²) in [6.07, 6.45) is 0. The molecular formula is C13H9F2NO. The molecule has 2 rings (SSSR count). The minimum absolute atomic E-state index is 0.169. The highest BCUT2D eigenvalue weighted by Crippen LogP contribution is 2.16. The van der Waals surface area contributed by atoms with Gasteiger partial charge >= 0.3 is 0 Å². The largest absolute Gasteiger partial charge is 0.399 e. The minimum Gasteiger partial charge on any atom is -0.399 e. The van der Waals surface area contributed by atoms with Crippen LogP contribution in [0.15, 0.2) is 42.5 Å². The average Bonchev–Trinajstić information content (AvgIpc) is 2.28. The van der Waals surface area contributed by atoms with Crippen LogP contribution in [0, 0.1) is 11.6 Å². The van der Waals surface area contributed by atoms with Crippen molar-refractivity contribution in [1.29, 1.82) is 0 Å². The number of nitrogens with two attached hydrogens (primary N) is 1. The molecule has 4 heteroatoms. The zero-order chi connectivity index (χ0) is 12.4. The number of hydrogen-bond acceptors (Lipinski definition) is 2. The van der Waals surface area contributed by atoms with Crippen LogP contribution < -0.4 is 5.73 Å². The van der Waals surface area contributed by atoms with Gasteiger partial charge in [-0.15, -0.1) is 0 Å². The molecule has 0 saturated carbocycles. The Labute approximate surface area is 96.7 Å². The normalized spacial score (nSPS) is 10.2. The fourth-order valence-electron chi connectivity index (χ4n) is 1.51. The van der Waals surface area contributed by atoms with E-state index in [-0.39, 0.29) is 11.1 Å². The third kappa shape index (κ3) is 2.30. The van der Waals surface area contributed by atoms with Crippen LogP contribution in [-0.2, 0) is 0 Å². The van der Waals surface area contributed by atoms with E-state index in [1.54, 1.807) is 12.1 Å². The molecule has 0 heterocycles. The van der Waals surface area contributed by atoms with E-state index in [0.717, 1.165) is 12.1 Å². The van der Waals surface area contributed by atoms with Crippen LogP contribution in [0.4, 0.5) is 14.5 Å². The van der Waals surface area contributed by atoms with Crippen molar-refractivity contribution in [3.8, 4) is 0 Å². The lowest BCUT2D eigenvalue weighted by Crippen LogP contribution is -2.05. The first-order chi connectivity index (χ1) is 8.08. The molecule has 0 saturated heterocycles. The van der Waals surface area contributed by atoms with Gasteiger partial charge in [0.15, 0.2) is 5.78 Å². The van der Waals surface area contributed by atoms with Gasteiger partial charge in [-0.25, -0.2) is 8.78 Å². The molecule has 0 fully saturated rings. The van der Waals surface area contributed by atoms with Crippen molar-refractivity contribution in [2.45, 2.75) is 0 Å². The van der Waals surface area contributed by atoms with Crippen molar-refractivity contribution < 1.29 is 13.6 Å². The smallest absolute Gasteiger partial charge is 0.196 e. The van der Waals surface area contributed by atoms with Crippen molar-refractivity contribution in [2.75, 3.05) is 5.73 Å². The van der Waals surface area contributed by atoms with Gasteiger partial charge in [-0.1, -0.05) is 12.1 Å². The van der Waals surface area contributed by atoms with E-state index < -0.39 is 17.4 Å². The molecule has 0 aliphatic heterocycles. The van der Waals surface area contributed by atoms with Crippen LogP contribution in [0.5, 0.6) is 0 Å². The van der Waals surface area contributed by atoms with Crippen LogP contribution in [0.25, 0.3) is 0 Å². The third-order valence-electron chi connectivity index (χ3n) is 2.32. The molecule has 2 nitrogen and oxygen atoms in total. The first-order valence-corrected chi connectivity index (χ1v) is 4.93. The number of rotatable bonds is 2. The van der Waals surface area contributed by atoms with Gasteiger partial charge in [0.1, 0.15) is 11.6 Å². The van der Waals surface area contributed by atoms with Gasteiger partial charge in [-0.2, -0.15) is 0 Å². The number of carbonyl (C=O) groups excluding carboxylic acids is 1. The lowest BCUT2D eigenvalue weighted by Gasteiger charge is -2.03. The first-order valence-electron chi connectivity index (χ1n) is 4.93. The maximum Gasteiger partial charge on any atom is 0.196 e. The predicted octanol–water partition coefficient (Wildman–Crippen LogP) is 2.78. The zero-order valence-corrected chi connectivity index (χ0v) is 8.78. The number of carbonyl (C=O) groups is 1. The number of halogens is 2. The third-order valence-corrected chi connectivity index (χ3v) is 2.32. The van der Waals surface area contributed by atoms with Crippen LogP contribution in [0.2, 0.25) is 0 Å². The topological polar surface area (TPSA) is 43.1 Å². The highest BCUT2D eigenvalue weighted by molar-refractivity contribution is 6.09. The van der Waals surface area contributed by atoms with E-state index in [0.29, 0.717) is 11.8 Å². The van der Waals surface area contributed by atoms with Crippen molar-refractivity contribution >= 4 is 11.5 Å². The van der Waals surface area contributed by atoms with Crippen molar-refractivity contribution in [3.05, 3.63) is 65.2 Å². The standard InChI is InChI=1S/C13H9F2NO/c14-9-4-5-11(12(15)7-9)13(17)8-2-1-3-10(16)6-8/h1-7H,16H2. The van der Waals surface area contributed by atoms with Gasteiger partial charge in [0.2, 0.25) is 0 Å². The molecule has 2 N–H and O–H groups in total. The van der Waals surface area contributed by atoms with Gasteiger partial charge in [0.05, 0.1) is 5.56 Å². The number of ketones is 1. The van der Waals surface area contributed by atoms with Crippen LogP contribution in [0.1, 0.15) is 15.9 Å². The molecule has 0 spiro atoms. The van der Waals surface area contributed by atoms with E-state index in [2.05, 4.69) is 0 Å². The summed E-state index contributed by atoms with van der Waals surface area (Å²) in [6, 6.07) is 9.05. The minimum atomic E-state index is -0.877. The van der Waals surface area contributed by atoms with Crippen LogP contribution in [-0.4, -0.2) is 5.78 Å². The van der Waals surface area contributed by atoms with E-state index in [9.17, 15) is 13.6 Å². The van der Waals surface area contributed by atoms with Crippen LogP contribution in [0.3, 0.4) is 0 Å². The molecule has 17 heavy (non-hydrogen) atoms. The highest BCUT2D eigenvalue weighted by Gasteiger charge is 2.14. The maximum absolute atomic E-state index is 13.4. The molecule has 0 aliphatic carbocycles. The van der Waals surface area contributed by atoms with Gasteiger partial charge in [-0.05, 0) is 24.3 Å². The van der Waals surface area contributed by atoms with Gasteiger partial charge in [-0.3, -0.25) is 4.79 Å². The van der Waals surface area contributed by atoms with Crippen molar-refractivity contribution in [1.82, 2.24) is 0 Å². The Kier molecular flexibility index (Phi) is 2.87. The van der Waals surface area contributed by atoms with Gasteiger partial charge < -0.3 is 5.73 Å². The second-order valence-electron chi connectivity index (χ2n) is 3.58. The summed E-state index contributed by atoms with van der Waals surface area (Å²) in [7, 11) is 0. The second-order valence-corrected chi connectivity index (χ2v) is 3.58. The molecule has 0 aromatic heterocycles. The molecule has 0 atom stereocenters. The summed E-state index contributed by atoms with van der Waals surface area (Å²) in [4.78, 5) is 11.9. The van der Waals surface area contributed by atoms with Gasteiger partial charge in [0, 0.05) is 17.3 Å². The average molecular weight is 233 g/mol. The molecule has 0 unspecified atom stereocenters. The number of nitrogen functional groups attached to an aromatic ring is 1. The molecule has 0 aliphatic rings. The number of anilines is 1. The Bertz CT molecular complexity index is 581. The number of hydrogen-bond donors (Lipinski definition) is 1. The van der Waals surface area contributed by atoms with Crippen molar-refractivity contribution in [3.63, 3.8) is 0 Å². The number of benzene rings is 2. The van der Waals surface area contributed by atoms with E-state index >= 15 is 0 Å². The van der Waals surface area contributed by atoms with Crippen LogP contribution >= 0.6 is 0 Å². The molecule has 2 aromatic carbocycles. The predicted molar refractivity (Wildman–Crippen MR) is 60.6 cm³/mol. The summed E-state index contributed by atoms with van der Waals surface area (Å²) < 4.78 is 26.1. The quantitative estimate of drug-likeness (QED) is 0.640. The molecular weight excluding hydrogens is 224 g/mol. The fourth-order valence-corrected chi connectivity index (χ4v) is 1.51. The summed E-state index contributed by atoms with van der Waals surface area (Å²) in [6.45, 7) is 0. The molecule has 86 valence electrons. The Morgan fingerprint density at radius 3 is 2.47 bits per heavy atom. The van der Waals surface area contributed by atoms with E-state index in [4.69, 9.17) is 5.73 Å². The Hall–Kier alpha value is -2.23. The fraction of sp³-hybridized carbons (Fsp3) is 0. The lowest BCUT2D eigenvalue weighted by molar-refractivity contribution is 0.103. The highest BCUT2D eigenvalue weighted by atomic mass is 19.1. The van der Waals surface area contributed by atoms with Crippen molar-refractivity contribution in [2.24, 2.45) is 0 Å². The lowest BCUT2D eigenvalue weighted by atomic mass is 10.0. The summed E-state index contributed by atoms with van der Waals surface area (Å²) in [5.74, 6) is -2.11.